The highest BCUT2D eigenvalue weighted by molar-refractivity contribution is 5.01. The van der Waals surface area contributed by atoms with Crippen LogP contribution < -0.4 is 5.32 Å². The summed E-state index contributed by atoms with van der Waals surface area (Å²) in [7, 11) is 2.27. The molecule has 2 heteroatoms. The highest BCUT2D eigenvalue weighted by Gasteiger charge is 2.41. The largest absolute Gasteiger partial charge is 0.312 e. The van der Waals surface area contributed by atoms with Crippen LogP contribution in [0.3, 0.4) is 0 Å². The highest BCUT2D eigenvalue weighted by atomic mass is 15.2. The second kappa shape index (κ2) is 3.00. The average molecular weight is 168 g/mol. The van der Waals surface area contributed by atoms with E-state index < -0.39 is 0 Å². The van der Waals surface area contributed by atoms with Gasteiger partial charge in [0.05, 0.1) is 0 Å². The van der Waals surface area contributed by atoms with Crippen LogP contribution in [-0.4, -0.2) is 36.6 Å². The van der Waals surface area contributed by atoms with Gasteiger partial charge in [-0.25, -0.2) is 0 Å². The summed E-state index contributed by atoms with van der Waals surface area (Å²) in [6, 6.07) is 0.755. The van der Waals surface area contributed by atoms with E-state index in [0.717, 1.165) is 6.04 Å². The Morgan fingerprint density at radius 3 is 2.75 bits per heavy atom. The third kappa shape index (κ3) is 1.17. The van der Waals surface area contributed by atoms with E-state index in [2.05, 4.69) is 24.2 Å². The molecule has 2 fully saturated rings. The predicted octanol–water partition coefficient (Wildman–Crippen LogP) is 1.22. The van der Waals surface area contributed by atoms with Gasteiger partial charge >= 0.3 is 0 Å². The SMILES string of the molecule is CN1CCCC1(C)C1CCCN1. The molecule has 2 unspecified atom stereocenters. The maximum absolute atomic E-state index is 3.63. The van der Waals surface area contributed by atoms with Gasteiger partial charge in [-0.2, -0.15) is 0 Å². The lowest BCUT2D eigenvalue weighted by Crippen LogP contribution is -2.52. The summed E-state index contributed by atoms with van der Waals surface area (Å²) in [6.45, 7) is 4.94. The molecule has 12 heavy (non-hydrogen) atoms. The molecule has 2 rings (SSSR count). The van der Waals surface area contributed by atoms with E-state index >= 15 is 0 Å². The Hall–Kier alpha value is -0.0800. The first-order chi connectivity index (χ1) is 5.73. The molecule has 70 valence electrons. The summed E-state index contributed by atoms with van der Waals surface area (Å²) in [5.41, 5.74) is 0.455. The van der Waals surface area contributed by atoms with Crippen LogP contribution in [0.1, 0.15) is 32.6 Å². The first-order valence-corrected chi connectivity index (χ1v) is 5.18. The molecule has 0 aromatic rings. The molecule has 0 saturated carbocycles. The van der Waals surface area contributed by atoms with E-state index in [1.165, 1.54) is 38.8 Å². The van der Waals surface area contributed by atoms with Crippen molar-refractivity contribution >= 4 is 0 Å². The number of hydrogen-bond donors (Lipinski definition) is 1. The van der Waals surface area contributed by atoms with Crippen LogP contribution in [0.25, 0.3) is 0 Å². The third-order valence-corrected chi connectivity index (χ3v) is 3.86. The Balaban J connectivity index is 2.07. The van der Waals surface area contributed by atoms with Crippen LogP contribution >= 0.6 is 0 Å². The molecular weight excluding hydrogens is 148 g/mol. The summed E-state index contributed by atoms with van der Waals surface area (Å²) >= 11 is 0. The molecule has 2 aliphatic heterocycles. The average Bonchev–Trinajstić information content (AvgIpc) is 2.62. The van der Waals surface area contributed by atoms with Crippen LogP contribution in [0.15, 0.2) is 0 Å². The lowest BCUT2D eigenvalue weighted by molar-refractivity contribution is 0.148. The molecule has 0 amide bonds. The second-order valence-electron chi connectivity index (χ2n) is 4.53. The molecule has 0 aliphatic carbocycles. The lowest BCUT2D eigenvalue weighted by Gasteiger charge is -2.38. The lowest BCUT2D eigenvalue weighted by atomic mass is 9.88. The van der Waals surface area contributed by atoms with Gasteiger partial charge in [0.25, 0.3) is 0 Å². The van der Waals surface area contributed by atoms with Crippen LogP contribution in [-0.2, 0) is 0 Å². The molecule has 0 aromatic carbocycles. The molecule has 2 nitrogen and oxygen atoms in total. The van der Waals surface area contributed by atoms with Crippen molar-refractivity contribution in [2.24, 2.45) is 0 Å². The second-order valence-corrected chi connectivity index (χ2v) is 4.53. The van der Waals surface area contributed by atoms with Gasteiger partial charge in [0.15, 0.2) is 0 Å². The third-order valence-electron chi connectivity index (χ3n) is 3.86. The minimum Gasteiger partial charge on any atom is -0.312 e. The fourth-order valence-electron chi connectivity index (χ4n) is 2.78. The van der Waals surface area contributed by atoms with Crippen LogP contribution in [0.5, 0.6) is 0 Å². The maximum Gasteiger partial charge on any atom is 0.0331 e. The van der Waals surface area contributed by atoms with Gasteiger partial charge in [-0.05, 0) is 52.7 Å². The Labute approximate surface area is 75.3 Å². The number of nitrogens with one attached hydrogen (secondary N) is 1. The molecule has 2 heterocycles. The summed E-state index contributed by atoms with van der Waals surface area (Å²) in [4.78, 5) is 2.54. The molecule has 0 spiro atoms. The Bertz CT molecular complexity index is 163. The number of hydrogen-bond acceptors (Lipinski definition) is 2. The van der Waals surface area contributed by atoms with Crippen molar-refractivity contribution in [3.8, 4) is 0 Å². The smallest absolute Gasteiger partial charge is 0.0331 e. The van der Waals surface area contributed by atoms with E-state index in [1.807, 2.05) is 0 Å². The van der Waals surface area contributed by atoms with Gasteiger partial charge in [0.1, 0.15) is 0 Å². The number of nitrogens with zero attached hydrogens (tertiary/aromatic N) is 1. The molecule has 2 aliphatic rings. The number of likely N-dealkylation sites (tertiary alicyclic amines) is 1. The van der Waals surface area contributed by atoms with Gasteiger partial charge in [0, 0.05) is 11.6 Å². The normalized spacial score (nSPS) is 44.0. The quantitative estimate of drug-likeness (QED) is 0.633. The van der Waals surface area contributed by atoms with Crippen molar-refractivity contribution < 1.29 is 0 Å². The van der Waals surface area contributed by atoms with Crippen LogP contribution in [0.4, 0.5) is 0 Å². The molecule has 0 aromatic heterocycles. The zero-order valence-electron chi connectivity index (χ0n) is 8.27. The molecule has 2 saturated heterocycles. The number of rotatable bonds is 1. The Kier molecular flexibility index (Phi) is 2.13. The highest BCUT2D eigenvalue weighted by Crippen LogP contribution is 2.33. The predicted molar refractivity (Wildman–Crippen MR) is 51.3 cm³/mol. The molecule has 1 N–H and O–H groups in total. The minimum atomic E-state index is 0.455. The van der Waals surface area contributed by atoms with Crippen LogP contribution in [0.2, 0.25) is 0 Å². The Morgan fingerprint density at radius 2 is 2.25 bits per heavy atom. The van der Waals surface area contributed by atoms with Crippen LogP contribution in [0, 0.1) is 0 Å². The standard InChI is InChI=1S/C10H20N2/c1-10(6-4-8-12(10)2)9-5-3-7-11-9/h9,11H,3-8H2,1-2H3. The summed E-state index contributed by atoms with van der Waals surface area (Å²) in [5.74, 6) is 0. The zero-order valence-corrected chi connectivity index (χ0v) is 8.27. The first kappa shape index (κ1) is 8.52. The summed E-state index contributed by atoms with van der Waals surface area (Å²) < 4.78 is 0. The van der Waals surface area contributed by atoms with E-state index in [9.17, 15) is 0 Å². The van der Waals surface area contributed by atoms with Gasteiger partial charge in [-0.1, -0.05) is 0 Å². The topological polar surface area (TPSA) is 15.3 Å². The van der Waals surface area contributed by atoms with Gasteiger partial charge in [0.2, 0.25) is 0 Å². The van der Waals surface area contributed by atoms with Gasteiger partial charge < -0.3 is 5.32 Å². The maximum atomic E-state index is 3.63. The van der Waals surface area contributed by atoms with Crippen molar-refractivity contribution in [3.63, 3.8) is 0 Å². The monoisotopic (exact) mass is 168 g/mol. The van der Waals surface area contributed by atoms with Crippen molar-refractivity contribution in [2.75, 3.05) is 20.1 Å². The van der Waals surface area contributed by atoms with Crippen molar-refractivity contribution in [3.05, 3.63) is 0 Å². The fraction of sp³-hybridized carbons (Fsp3) is 1.00. The minimum absolute atomic E-state index is 0.455. The van der Waals surface area contributed by atoms with Crippen molar-refractivity contribution in [1.29, 1.82) is 0 Å². The van der Waals surface area contributed by atoms with E-state index in [1.54, 1.807) is 0 Å². The number of likely N-dealkylation sites (N-methyl/N-ethyl adjacent to an activating group) is 1. The van der Waals surface area contributed by atoms with Crippen molar-refractivity contribution in [2.45, 2.75) is 44.2 Å². The van der Waals surface area contributed by atoms with E-state index in [0.29, 0.717) is 5.54 Å². The summed E-state index contributed by atoms with van der Waals surface area (Å²) in [5, 5.41) is 3.63. The molecular formula is C10H20N2. The fourth-order valence-corrected chi connectivity index (χ4v) is 2.78. The summed E-state index contributed by atoms with van der Waals surface area (Å²) in [6.07, 6.45) is 5.50. The van der Waals surface area contributed by atoms with Gasteiger partial charge in [-0.15, -0.1) is 0 Å². The van der Waals surface area contributed by atoms with Crippen molar-refractivity contribution in [1.82, 2.24) is 10.2 Å². The first-order valence-electron chi connectivity index (χ1n) is 5.18. The van der Waals surface area contributed by atoms with E-state index in [-0.39, 0.29) is 0 Å². The van der Waals surface area contributed by atoms with E-state index in [4.69, 9.17) is 0 Å². The zero-order chi connectivity index (χ0) is 8.60. The molecule has 0 bridgehead atoms. The Morgan fingerprint density at radius 1 is 1.42 bits per heavy atom. The molecule has 2 atom stereocenters. The molecule has 0 radical (unpaired) electrons. The van der Waals surface area contributed by atoms with Gasteiger partial charge in [-0.3, -0.25) is 4.90 Å².